The minimum atomic E-state index is -3.60. The summed E-state index contributed by atoms with van der Waals surface area (Å²) in [6.45, 7) is 0. The van der Waals surface area contributed by atoms with E-state index in [-0.39, 0.29) is 0 Å². The molecule has 0 saturated carbocycles. The Morgan fingerprint density at radius 2 is 1.91 bits per heavy atom. The summed E-state index contributed by atoms with van der Waals surface area (Å²) in [6.07, 6.45) is 0. The molecule has 0 aromatic rings. The molecule has 0 heterocycles. The Morgan fingerprint density at radius 1 is 1.45 bits per heavy atom. The second kappa shape index (κ2) is 4.31. The van der Waals surface area contributed by atoms with Gasteiger partial charge in [-0.2, -0.15) is 0 Å². The molecule has 0 amide bonds. The molecule has 0 bridgehead atoms. The van der Waals surface area contributed by atoms with Crippen molar-refractivity contribution in [1.82, 2.24) is 0 Å². The summed E-state index contributed by atoms with van der Waals surface area (Å²) in [5, 5.41) is 0. The first-order valence-electron chi connectivity index (χ1n) is 2.53. The number of carbonyl (C=O) groups is 1. The Hall–Kier alpha value is 0.240. The van der Waals surface area contributed by atoms with Crippen LogP contribution in [0.15, 0.2) is 0 Å². The molecule has 0 aliphatic rings. The molecule has 4 nitrogen and oxygen atoms in total. The van der Waals surface area contributed by atoms with Crippen LogP contribution in [0.2, 0.25) is 0 Å². The smallest absolute Gasteiger partial charge is 0.345 e. The van der Waals surface area contributed by atoms with Crippen LogP contribution in [-0.2, 0) is 18.8 Å². The fourth-order valence-electron chi connectivity index (χ4n) is 0.442. The second-order valence-corrected chi connectivity index (χ2v) is 6.62. The predicted molar refractivity (Wildman–Crippen MR) is 42.1 cm³/mol. The molecule has 0 fully saturated rings. The van der Waals surface area contributed by atoms with Gasteiger partial charge < -0.3 is 9.47 Å². The highest BCUT2D eigenvalue weighted by molar-refractivity contribution is 8.09. The zero-order chi connectivity index (χ0) is 9.07. The number of halogens is 2. The molecule has 7 heteroatoms. The van der Waals surface area contributed by atoms with Crippen LogP contribution in [0.25, 0.3) is 0 Å². The zero-order valence-corrected chi connectivity index (χ0v) is 8.32. The average Bonchev–Trinajstić information content (AvgIpc) is 1.86. The van der Waals surface area contributed by atoms with Crippen LogP contribution >= 0.6 is 28.3 Å². The van der Waals surface area contributed by atoms with E-state index in [2.05, 4.69) is 9.47 Å². The lowest BCUT2D eigenvalue weighted by Crippen LogP contribution is -2.21. The van der Waals surface area contributed by atoms with Gasteiger partial charge in [0, 0.05) is 7.11 Å². The summed E-state index contributed by atoms with van der Waals surface area (Å²) < 4.78 is 19.5. The van der Waals surface area contributed by atoms with E-state index in [1.165, 1.54) is 7.11 Å². The zero-order valence-electron chi connectivity index (χ0n) is 5.91. The molecule has 0 saturated heterocycles. The Morgan fingerprint density at radius 3 is 2.00 bits per heavy atom. The highest BCUT2D eigenvalue weighted by Gasteiger charge is 2.36. The van der Waals surface area contributed by atoms with Crippen molar-refractivity contribution < 1.29 is 18.8 Å². The Labute approximate surface area is 73.7 Å². The highest BCUT2D eigenvalue weighted by Crippen LogP contribution is 2.61. The fraction of sp³-hybridized carbons (Fsp3) is 0.750. The maximum absolute atomic E-state index is 10.9. The lowest BCUT2D eigenvalue weighted by molar-refractivity contribution is -0.147. The van der Waals surface area contributed by atoms with Crippen molar-refractivity contribution in [1.29, 1.82) is 0 Å². The van der Waals surface area contributed by atoms with Gasteiger partial charge in [0.1, 0.15) is 0 Å². The molecule has 0 aliphatic heterocycles. The van der Waals surface area contributed by atoms with Gasteiger partial charge in [-0.25, -0.2) is 4.79 Å². The first-order chi connectivity index (χ1) is 4.93. The van der Waals surface area contributed by atoms with E-state index in [1.807, 2.05) is 0 Å². The molecule has 11 heavy (non-hydrogen) atoms. The minimum Gasteiger partial charge on any atom is -0.467 e. The number of methoxy groups -OCH3 is 2. The summed E-state index contributed by atoms with van der Waals surface area (Å²) >= 11 is 10.3. The quantitative estimate of drug-likeness (QED) is 0.538. The van der Waals surface area contributed by atoms with Crippen LogP contribution < -0.4 is 0 Å². The van der Waals surface area contributed by atoms with Gasteiger partial charge in [-0.1, -0.05) is 0 Å². The Balaban J connectivity index is 4.42. The maximum atomic E-state index is 10.9. The second-order valence-electron chi connectivity index (χ2n) is 1.61. The van der Waals surface area contributed by atoms with E-state index in [4.69, 9.17) is 22.5 Å². The number of hydrogen-bond donors (Lipinski definition) is 0. The molecule has 66 valence electrons. The van der Waals surface area contributed by atoms with E-state index in [0.29, 0.717) is 0 Å². The lowest BCUT2D eigenvalue weighted by Gasteiger charge is -2.12. The van der Waals surface area contributed by atoms with Crippen molar-refractivity contribution >= 4 is 34.3 Å². The molecule has 0 N–H and O–H groups in total. The number of ether oxygens (including phenoxy) is 2. The molecule has 1 unspecified atom stereocenters. The van der Waals surface area contributed by atoms with Crippen molar-refractivity contribution in [2.45, 2.75) is 5.85 Å². The molecule has 0 aliphatic carbocycles. The average molecular weight is 221 g/mol. The van der Waals surface area contributed by atoms with E-state index in [9.17, 15) is 9.36 Å². The topological polar surface area (TPSA) is 52.6 Å². The van der Waals surface area contributed by atoms with Crippen LogP contribution in [0.5, 0.6) is 0 Å². The summed E-state index contributed by atoms with van der Waals surface area (Å²) in [5.74, 6) is -5.84. The summed E-state index contributed by atoms with van der Waals surface area (Å²) in [4.78, 5) is 10.7. The predicted octanol–water partition coefficient (Wildman–Crippen LogP) is 1.80. The molecular weight excluding hydrogens is 214 g/mol. The van der Waals surface area contributed by atoms with Gasteiger partial charge >= 0.3 is 5.97 Å². The number of hydrogen-bond acceptors (Lipinski definition) is 4. The van der Waals surface area contributed by atoms with Crippen LogP contribution in [0.3, 0.4) is 0 Å². The molecule has 0 aromatic carbocycles. The van der Waals surface area contributed by atoms with Gasteiger partial charge in [0.15, 0.2) is 0 Å². The van der Waals surface area contributed by atoms with Gasteiger partial charge in [0.2, 0.25) is 5.85 Å². The van der Waals surface area contributed by atoms with Crippen molar-refractivity contribution in [2.75, 3.05) is 14.2 Å². The van der Waals surface area contributed by atoms with Crippen molar-refractivity contribution in [2.24, 2.45) is 0 Å². The van der Waals surface area contributed by atoms with Crippen LogP contribution in [0.4, 0.5) is 0 Å². The summed E-state index contributed by atoms with van der Waals surface area (Å²) in [6, 6.07) is 0. The van der Waals surface area contributed by atoms with Crippen molar-refractivity contribution in [3.05, 3.63) is 0 Å². The normalized spacial score (nSPS) is 14.2. The summed E-state index contributed by atoms with van der Waals surface area (Å²) in [5.41, 5.74) is 0. The van der Waals surface area contributed by atoms with Crippen LogP contribution in [0.1, 0.15) is 0 Å². The van der Waals surface area contributed by atoms with E-state index in [0.717, 1.165) is 7.11 Å². The summed E-state index contributed by atoms with van der Waals surface area (Å²) in [7, 11) is 2.29. The minimum absolute atomic E-state index is 0.846. The third kappa shape index (κ3) is 3.43. The first kappa shape index (κ1) is 11.2. The maximum Gasteiger partial charge on any atom is 0.345 e. The monoisotopic (exact) mass is 220 g/mol. The highest BCUT2D eigenvalue weighted by atomic mass is 35.9. The molecule has 1 atom stereocenters. The van der Waals surface area contributed by atoms with Gasteiger partial charge in [0.25, 0.3) is 5.85 Å². The standard InChI is InChI=1S/C4H7Cl2O4P/c1-9-3(7)4(10-2)11(5,6)8/h4H,1-2H3. The molecule has 0 radical (unpaired) electrons. The van der Waals surface area contributed by atoms with Gasteiger partial charge in [-0.3, -0.25) is 4.57 Å². The molecule has 0 aromatic heterocycles. The van der Waals surface area contributed by atoms with Crippen LogP contribution in [0, 0.1) is 0 Å². The van der Waals surface area contributed by atoms with E-state index >= 15 is 0 Å². The van der Waals surface area contributed by atoms with E-state index < -0.39 is 17.7 Å². The van der Waals surface area contributed by atoms with Crippen LogP contribution in [-0.4, -0.2) is 26.0 Å². The van der Waals surface area contributed by atoms with Gasteiger partial charge in [0.05, 0.1) is 7.11 Å². The Kier molecular flexibility index (Phi) is 4.41. The van der Waals surface area contributed by atoms with Crippen molar-refractivity contribution in [3.8, 4) is 0 Å². The first-order valence-corrected chi connectivity index (χ1v) is 6.11. The SMILES string of the molecule is COC(=O)C(OC)P(=O)(Cl)Cl. The molecule has 0 spiro atoms. The molecule has 0 rings (SSSR count). The lowest BCUT2D eigenvalue weighted by atomic mass is 10.7. The number of esters is 1. The third-order valence-electron chi connectivity index (χ3n) is 0.899. The number of rotatable bonds is 3. The largest absolute Gasteiger partial charge is 0.467 e. The van der Waals surface area contributed by atoms with Gasteiger partial charge in [-0.05, 0) is 22.5 Å². The van der Waals surface area contributed by atoms with Crippen molar-refractivity contribution in [3.63, 3.8) is 0 Å². The van der Waals surface area contributed by atoms with Gasteiger partial charge in [-0.15, -0.1) is 0 Å². The third-order valence-corrected chi connectivity index (χ3v) is 2.93. The fourth-order valence-corrected chi connectivity index (χ4v) is 1.99. The van der Waals surface area contributed by atoms with E-state index in [1.54, 1.807) is 0 Å². The molecular formula is C4H7Cl2O4P. The number of carbonyl (C=O) groups excluding carboxylic acids is 1. The Bertz CT molecular complexity index is 189.